The molecule has 0 aromatic heterocycles. The minimum absolute atomic E-state index is 0.0121. The second kappa shape index (κ2) is 10.6. The molecule has 0 N–H and O–H groups in total. The van der Waals surface area contributed by atoms with Gasteiger partial charge in [-0.3, -0.25) is 0 Å². The number of rotatable bonds is 7. The zero-order valence-corrected chi connectivity index (χ0v) is 18.0. The van der Waals surface area contributed by atoms with Gasteiger partial charge < -0.3 is 0 Å². The van der Waals surface area contributed by atoms with E-state index in [1.165, 1.54) is 64.2 Å². The third kappa shape index (κ3) is 5.47. The largest absolute Gasteiger partial charge is 0.244 e. The van der Waals surface area contributed by atoms with Gasteiger partial charge >= 0.3 is 0 Å². The summed E-state index contributed by atoms with van der Waals surface area (Å²) in [6.07, 6.45) is 16.5. The van der Waals surface area contributed by atoms with Gasteiger partial charge in [-0.2, -0.15) is 0 Å². The summed E-state index contributed by atoms with van der Waals surface area (Å²) in [6.45, 7) is 4.30. The summed E-state index contributed by atoms with van der Waals surface area (Å²) in [5, 5.41) is 0. The van der Waals surface area contributed by atoms with E-state index in [0.717, 1.165) is 49.9 Å². The molecule has 2 heteroatoms. The lowest BCUT2D eigenvalue weighted by molar-refractivity contribution is -0.0158. The Kier molecular flexibility index (Phi) is 8.45. The monoisotopic (exact) mass is 382 g/mol. The molecule has 3 saturated carbocycles. The molecule has 3 aliphatic rings. The van der Waals surface area contributed by atoms with Crippen LogP contribution < -0.4 is 0 Å². The van der Waals surface area contributed by atoms with Gasteiger partial charge in [0.2, 0.25) is 0 Å². The Balaban J connectivity index is 1.39. The molecule has 0 bridgehead atoms. The number of halogens is 2. The zero-order valence-electron chi connectivity index (χ0n) is 18.0. The predicted molar refractivity (Wildman–Crippen MR) is 111 cm³/mol. The van der Waals surface area contributed by atoms with Crippen LogP contribution in [0.15, 0.2) is 0 Å². The third-order valence-corrected chi connectivity index (χ3v) is 8.75. The van der Waals surface area contributed by atoms with Crippen molar-refractivity contribution in [1.29, 1.82) is 0 Å². The Morgan fingerprint density at radius 3 is 1.81 bits per heavy atom. The summed E-state index contributed by atoms with van der Waals surface area (Å²) in [4.78, 5) is 0. The van der Waals surface area contributed by atoms with Crippen molar-refractivity contribution in [3.63, 3.8) is 0 Å². The molecule has 0 amide bonds. The number of hydrogen-bond donors (Lipinski definition) is 0. The first-order valence-corrected chi connectivity index (χ1v) is 12.4. The highest BCUT2D eigenvalue weighted by Crippen LogP contribution is 2.47. The molecule has 0 aromatic rings. The number of hydrogen-bond acceptors (Lipinski definition) is 0. The molecule has 3 rings (SSSR count). The van der Waals surface area contributed by atoms with Gasteiger partial charge in [0.25, 0.3) is 0 Å². The van der Waals surface area contributed by atoms with Crippen molar-refractivity contribution in [2.24, 2.45) is 35.5 Å². The van der Waals surface area contributed by atoms with Crippen LogP contribution in [-0.4, -0.2) is 12.3 Å². The van der Waals surface area contributed by atoms with Crippen molar-refractivity contribution >= 4 is 0 Å². The van der Waals surface area contributed by atoms with E-state index in [1.807, 2.05) is 6.92 Å². The molecule has 0 spiro atoms. The highest BCUT2D eigenvalue weighted by Gasteiger charge is 2.44. The van der Waals surface area contributed by atoms with E-state index in [-0.39, 0.29) is 11.8 Å². The average molecular weight is 383 g/mol. The minimum Gasteiger partial charge on any atom is -0.244 e. The fourth-order valence-electron chi connectivity index (χ4n) is 6.82. The number of unbranched alkanes of at least 4 members (excludes halogenated alkanes) is 2. The molecule has 3 fully saturated rings. The summed E-state index contributed by atoms with van der Waals surface area (Å²) in [5.41, 5.74) is 0. The van der Waals surface area contributed by atoms with Gasteiger partial charge in [0.1, 0.15) is 12.3 Å². The van der Waals surface area contributed by atoms with Gasteiger partial charge in [-0.1, -0.05) is 58.8 Å². The molecule has 158 valence electrons. The summed E-state index contributed by atoms with van der Waals surface area (Å²) < 4.78 is 29.1. The maximum atomic E-state index is 14.7. The van der Waals surface area contributed by atoms with Gasteiger partial charge in [0, 0.05) is 0 Å². The van der Waals surface area contributed by atoms with Crippen molar-refractivity contribution < 1.29 is 8.78 Å². The lowest BCUT2D eigenvalue weighted by Gasteiger charge is -2.43. The smallest absolute Gasteiger partial charge is 0.134 e. The molecular weight excluding hydrogens is 338 g/mol. The van der Waals surface area contributed by atoms with E-state index in [1.54, 1.807) is 0 Å². The normalized spacial score (nSPS) is 43.6. The van der Waals surface area contributed by atoms with E-state index >= 15 is 0 Å². The molecule has 3 aliphatic carbocycles. The Morgan fingerprint density at radius 1 is 0.630 bits per heavy atom. The molecule has 4 unspecified atom stereocenters. The van der Waals surface area contributed by atoms with Gasteiger partial charge in [0.05, 0.1) is 0 Å². The molecule has 0 aliphatic heterocycles. The van der Waals surface area contributed by atoms with E-state index in [4.69, 9.17) is 0 Å². The standard InChI is InChI=1S/C25H44F2/c1-3-5-6-7-18-8-10-20(11-9-18)21-12-14-22(15-13-21)23-17-16-19(4-2)24(26)25(23)27/h18-25H,3-17H2,1-2H3. The highest BCUT2D eigenvalue weighted by molar-refractivity contribution is 4.93. The first-order valence-electron chi connectivity index (χ1n) is 12.4. The van der Waals surface area contributed by atoms with Gasteiger partial charge in [-0.05, 0) is 86.9 Å². The Bertz CT molecular complexity index is 407. The Hall–Kier alpha value is -0.140. The summed E-state index contributed by atoms with van der Waals surface area (Å²) in [7, 11) is 0. The van der Waals surface area contributed by atoms with Gasteiger partial charge in [0.15, 0.2) is 0 Å². The van der Waals surface area contributed by atoms with Crippen molar-refractivity contribution in [3.8, 4) is 0 Å². The molecule has 0 saturated heterocycles. The fraction of sp³-hybridized carbons (Fsp3) is 1.00. The first kappa shape index (κ1) is 21.6. The summed E-state index contributed by atoms with van der Waals surface area (Å²) in [6, 6.07) is 0. The second-order valence-corrected chi connectivity index (χ2v) is 10.2. The molecule has 0 radical (unpaired) electrons. The molecular formula is C25H44F2. The van der Waals surface area contributed by atoms with Crippen LogP contribution in [0.1, 0.15) is 110 Å². The predicted octanol–water partition coefficient (Wildman–Crippen LogP) is 8.29. The van der Waals surface area contributed by atoms with E-state index in [9.17, 15) is 8.78 Å². The van der Waals surface area contributed by atoms with Crippen LogP contribution in [-0.2, 0) is 0 Å². The van der Waals surface area contributed by atoms with Crippen molar-refractivity contribution in [1.82, 2.24) is 0 Å². The van der Waals surface area contributed by atoms with Crippen LogP contribution in [0, 0.1) is 35.5 Å². The SMILES string of the molecule is CCCCCC1CCC(C2CCC(C3CCC(CC)C(F)C3F)CC2)CC1. The molecule has 0 nitrogen and oxygen atoms in total. The van der Waals surface area contributed by atoms with Crippen LogP contribution in [0.25, 0.3) is 0 Å². The van der Waals surface area contributed by atoms with Crippen LogP contribution >= 0.6 is 0 Å². The summed E-state index contributed by atoms with van der Waals surface area (Å²) >= 11 is 0. The molecule has 27 heavy (non-hydrogen) atoms. The van der Waals surface area contributed by atoms with E-state index in [0.29, 0.717) is 5.92 Å². The topological polar surface area (TPSA) is 0 Å². The minimum atomic E-state index is -1.20. The number of alkyl halides is 2. The maximum Gasteiger partial charge on any atom is 0.134 e. The van der Waals surface area contributed by atoms with Crippen LogP contribution in [0.3, 0.4) is 0 Å². The van der Waals surface area contributed by atoms with Crippen molar-refractivity contribution in [2.45, 2.75) is 123 Å². The molecule has 0 heterocycles. The van der Waals surface area contributed by atoms with Crippen molar-refractivity contribution in [2.75, 3.05) is 0 Å². The quantitative estimate of drug-likeness (QED) is 0.388. The zero-order chi connectivity index (χ0) is 19.2. The van der Waals surface area contributed by atoms with Crippen LogP contribution in [0.5, 0.6) is 0 Å². The molecule has 4 atom stereocenters. The Labute approximate surface area is 167 Å². The lowest BCUT2D eigenvalue weighted by Crippen LogP contribution is -2.42. The first-order chi connectivity index (χ1) is 13.1. The van der Waals surface area contributed by atoms with E-state index in [2.05, 4.69) is 6.92 Å². The molecule has 0 aromatic carbocycles. The van der Waals surface area contributed by atoms with Crippen LogP contribution in [0.4, 0.5) is 8.78 Å². The second-order valence-electron chi connectivity index (χ2n) is 10.2. The van der Waals surface area contributed by atoms with E-state index < -0.39 is 12.3 Å². The highest BCUT2D eigenvalue weighted by atomic mass is 19.2. The van der Waals surface area contributed by atoms with Gasteiger partial charge in [-0.25, -0.2) is 8.78 Å². The van der Waals surface area contributed by atoms with Crippen molar-refractivity contribution in [3.05, 3.63) is 0 Å². The third-order valence-electron chi connectivity index (χ3n) is 8.75. The lowest BCUT2D eigenvalue weighted by atomic mass is 9.64. The summed E-state index contributed by atoms with van der Waals surface area (Å²) in [5.74, 6) is 3.24. The average Bonchev–Trinajstić information content (AvgIpc) is 2.71. The Morgan fingerprint density at radius 2 is 1.22 bits per heavy atom. The maximum absolute atomic E-state index is 14.7. The van der Waals surface area contributed by atoms with Gasteiger partial charge in [-0.15, -0.1) is 0 Å². The van der Waals surface area contributed by atoms with Crippen LogP contribution in [0.2, 0.25) is 0 Å². The fourth-order valence-corrected chi connectivity index (χ4v) is 6.82.